The summed E-state index contributed by atoms with van der Waals surface area (Å²) in [5.41, 5.74) is 1.21. The molecule has 120 valence electrons. The van der Waals surface area contributed by atoms with Crippen LogP contribution in [0.1, 0.15) is 0 Å². The molecule has 1 N–H and O–H groups in total. The molecule has 7 nitrogen and oxygen atoms in total. The van der Waals surface area contributed by atoms with Gasteiger partial charge in [0, 0.05) is 29.5 Å². The van der Waals surface area contributed by atoms with Crippen LogP contribution in [0.4, 0.5) is 0 Å². The van der Waals surface area contributed by atoms with Crippen LogP contribution in [0.15, 0.2) is 47.5 Å². The monoisotopic (exact) mass is 341 g/mol. The SMILES string of the molecule is O=c1c2cnc3nc(-c4ccc(Cl)cc4)nn3c2ccn1CCO. The van der Waals surface area contributed by atoms with Gasteiger partial charge in [0.25, 0.3) is 11.3 Å². The van der Waals surface area contributed by atoms with Crippen molar-refractivity contribution in [3.05, 3.63) is 58.1 Å². The maximum atomic E-state index is 12.4. The first-order chi connectivity index (χ1) is 11.7. The third-order valence-corrected chi connectivity index (χ3v) is 4.00. The second-order valence-corrected chi connectivity index (χ2v) is 5.69. The van der Waals surface area contributed by atoms with E-state index in [2.05, 4.69) is 15.1 Å². The summed E-state index contributed by atoms with van der Waals surface area (Å²) in [4.78, 5) is 21.0. The highest BCUT2D eigenvalue weighted by Gasteiger charge is 2.12. The number of rotatable bonds is 3. The fraction of sp³-hybridized carbons (Fsp3) is 0.125. The lowest BCUT2D eigenvalue weighted by atomic mass is 10.2. The lowest BCUT2D eigenvalue weighted by Crippen LogP contribution is -2.21. The van der Waals surface area contributed by atoms with Gasteiger partial charge in [0.15, 0.2) is 5.82 Å². The number of halogens is 1. The van der Waals surface area contributed by atoms with E-state index in [0.29, 0.717) is 27.5 Å². The molecule has 0 bridgehead atoms. The van der Waals surface area contributed by atoms with Crippen LogP contribution < -0.4 is 5.56 Å². The standard InChI is InChI=1S/C16H12ClN5O2/c17-11-3-1-10(2-4-11)14-19-16-18-9-12-13(22(16)20-14)5-6-21(7-8-23)15(12)24/h1-6,9,23H,7-8H2. The predicted octanol–water partition coefficient (Wildman–Crippen LogP) is 1.75. The molecule has 4 aromatic rings. The molecule has 3 aromatic heterocycles. The molecule has 24 heavy (non-hydrogen) atoms. The van der Waals surface area contributed by atoms with E-state index >= 15 is 0 Å². The Morgan fingerprint density at radius 2 is 1.96 bits per heavy atom. The van der Waals surface area contributed by atoms with Gasteiger partial charge < -0.3 is 9.67 Å². The molecule has 0 unspecified atom stereocenters. The largest absolute Gasteiger partial charge is 0.395 e. The Hall–Kier alpha value is -2.77. The van der Waals surface area contributed by atoms with Crippen molar-refractivity contribution in [2.75, 3.05) is 6.61 Å². The number of aliphatic hydroxyl groups excluding tert-OH is 1. The summed E-state index contributed by atoms with van der Waals surface area (Å²) < 4.78 is 2.98. The van der Waals surface area contributed by atoms with E-state index in [1.54, 1.807) is 28.9 Å². The molecule has 3 heterocycles. The van der Waals surface area contributed by atoms with Crippen LogP contribution in [0, 0.1) is 0 Å². The molecule has 0 spiro atoms. The predicted molar refractivity (Wildman–Crippen MR) is 90.1 cm³/mol. The molecule has 8 heteroatoms. The maximum absolute atomic E-state index is 12.4. The second-order valence-electron chi connectivity index (χ2n) is 5.25. The van der Waals surface area contributed by atoms with Crippen molar-refractivity contribution in [2.24, 2.45) is 0 Å². The van der Waals surface area contributed by atoms with E-state index in [1.165, 1.54) is 10.8 Å². The Labute approximate surface area is 140 Å². The van der Waals surface area contributed by atoms with Crippen LogP contribution in [-0.2, 0) is 6.54 Å². The number of aromatic nitrogens is 5. The number of pyridine rings is 1. The minimum Gasteiger partial charge on any atom is -0.395 e. The lowest BCUT2D eigenvalue weighted by Gasteiger charge is -2.05. The Bertz CT molecular complexity index is 1100. The van der Waals surface area contributed by atoms with E-state index in [1.807, 2.05) is 12.1 Å². The Morgan fingerprint density at radius 1 is 1.17 bits per heavy atom. The highest BCUT2D eigenvalue weighted by atomic mass is 35.5. The van der Waals surface area contributed by atoms with Gasteiger partial charge in [-0.25, -0.2) is 4.98 Å². The smallest absolute Gasteiger partial charge is 0.261 e. The first-order valence-corrected chi connectivity index (χ1v) is 7.67. The molecule has 0 saturated carbocycles. The van der Waals surface area contributed by atoms with Crippen molar-refractivity contribution in [3.8, 4) is 11.4 Å². The molecular formula is C16H12ClN5O2. The Balaban J connectivity index is 1.93. The van der Waals surface area contributed by atoms with E-state index in [-0.39, 0.29) is 18.7 Å². The van der Waals surface area contributed by atoms with Crippen molar-refractivity contribution in [3.63, 3.8) is 0 Å². The van der Waals surface area contributed by atoms with Crippen molar-refractivity contribution < 1.29 is 5.11 Å². The zero-order chi connectivity index (χ0) is 16.7. The van der Waals surface area contributed by atoms with Gasteiger partial charge in [-0.1, -0.05) is 11.6 Å². The normalized spacial score (nSPS) is 11.4. The average molecular weight is 342 g/mol. The minimum atomic E-state index is -0.223. The Morgan fingerprint density at radius 3 is 2.71 bits per heavy atom. The summed E-state index contributed by atoms with van der Waals surface area (Å²) in [5, 5.41) is 14.5. The second kappa shape index (κ2) is 5.70. The fourth-order valence-corrected chi connectivity index (χ4v) is 2.69. The third-order valence-electron chi connectivity index (χ3n) is 3.75. The van der Waals surface area contributed by atoms with Crippen LogP contribution in [0.3, 0.4) is 0 Å². The van der Waals surface area contributed by atoms with Crippen LogP contribution >= 0.6 is 11.6 Å². The number of aliphatic hydroxyl groups is 1. The van der Waals surface area contributed by atoms with Gasteiger partial charge >= 0.3 is 0 Å². The fourth-order valence-electron chi connectivity index (χ4n) is 2.56. The van der Waals surface area contributed by atoms with E-state index < -0.39 is 0 Å². The summed E-state index contributed by atoms with van der Waals surface area (Å²) in [6.45, 7) is 0.130. The molecule has 1 aromatic carbocycles. The highest BCUT2D eigenvalue weighted by Crippen LogP contribution is 2.20. The van der Waals surface area contributed by atoms with Crippen LogP contribution in [0.5, 0.6) is 0 Å². The minimum absolute atomic E-state index is 0.106. The van der Waals surface area contributed by atoms with E-state index in [0.717, 1.165) is 5.56 Å². The molecule has 0 aliphatic carbocycles. The molecular weight excluding hydrogens is 330 g/mol. The molecule has 0 atom stereocenters. The van der Waals surface area contributed by atoms with Gasteiger partial charge in [-0.05, 0) is 30.3 Å². The first kappa shape index (κ1) is 14.8. The molecule has 0 aliphatic heterocycles. The zero-order valence-corrected chi connectivity index (χ0v) is 13.2. The van der Waals surface area contributed by atoms with Gasteiger partial charge in [-0.15, -0.1) is 5.10 Å². The van der Waals surface area contributed by atoms with Gasteiger partial charge in [0.1, 0.15) is 0 Å². The molecule has 0 fully saturated rings. The summed E-state index contributed by atoms with van der Waals surface area (Å²) >= 11 is 5.90. The summed E-state index contributed by atoms with van der Waals surface area (Å²) in [6, 6.07) is 8.95. The van der Waals surface area contributed by atoms with Crippen LogP contribution in [0.25, 0.3) is 28.1 Å². The van der Waals surface area contributed by atoms with E-state index in [4.69, 9.17) is 16.7 Å². The quantitative estimate of drug-likeness (QED) is 0.613. The number of fused-ring (bicyclic) bond motifs is 3. The topological polar surface area (TPSA) is 85.3 Å². The first-order valence-electron chi connectivity index (χ1n) is 7.29. The molecule has 0 radical (unpaired) electrons. The average Bonchev–Trinajstić information content (AvgIpc) is 3.02. The Kier molecular flexibility index (Phi) is 3.51. The van der Waals surface area contributed by atoms with Crippen molar-refractivity contribution in [1.29, 1.82) is 0 Å². The van der Waals surface area contributed by atoms with Crippen LogP contribution in [-0.4, -0.2) is 35.9 Å². The summed E-state index contributed by atoms with van der Waals surface area (Å²) in [7, 11) is 0. The third kappa shape index (κ3) is 2.34. The van der Waals surface area contributed by atoms with Crippen molar-refractivity contribution in [2.45, 2.75) is 6.54 Å². The lowest BCUT2D eigenvalue weighted by molar-refractivity contribution is 0.274. The highest BCUT2D eigenvalue weighted by molar-refractivity contribution is 6.30. The van der Waals surface area contributed by atoms with Gasteiger partial charge in [-0.3, -0.25) is 4.79 Å². The summed E-state index contributed by atoms with van der Waals surface area (Å²) in [5.74, 6) is 0.915. The van der Waals surface area contributed by atoms with Gasteiger partial charge in [-0.2, -0.15) is 9.50 Å². The molecule has 0 aliphatic rings. The van der Waals surface area contributed by atoms with Gasteiger partial charge in [0.05, 0.1) is 17.5 Å². The number of nitrogens with zero attached hydrogens (tertiary/aromatic N) is 5. The molecule has 0 saturated heterocycles. The van der Waals surface area contributed by atoms with Crippen molar-refractivity contribution in [1.82, 2.24) is 24.1 Å². The summed E-state index contributed by atoms with van der Waals surface area (Å²) in [6.07, 6.45) is 3.12. The zero-order valence-electron chi connectivity index (χ0n) is 12.4. The van der Waals surface area contributed by atoms with Gasteiger partial charge in [0.2, 0.25) is 0 Å². The number of benzene rings is 1. The number of hydrogen-bond donors (Lipinski definition) is 1. The van der Waals surface area contributed by atoms with Crippen molar-refractivity contribution >= 4 is 28.3 Å². The molecule has 0 amide bonds. The molecule has 4 rings (SSSR count). The van der Waals surface area contributed by atoms with Crippen LogP contribution in [0.2, 0.25) is 5.02 Å². The number of hydrogen-bond acceptors (Lipinski definition) is 5. The maximum Gasteiger partial charge on any atom is 0.261 e. The van der Waals surface area contributed by atoms with E-state index in [9.17, 15) is 4.79 Å².